The first-order valence-electron chi connectivity index (χ1n) is 6.93. The molecule has 0 bridgehead atoms. The van der Waals surface area contributed by atoms with Gasteiger partial charge in [0.15, 0.2) is 0 Å². The van der Waals surface area contributed by atoms with Crippen molar-refractivity contribution in [3.63, 3.8) is 0 Å². The summed E-state index contributed by atoms with van der Waals surface area (Å²) in [5, 5.41) is 12.4. The monoisotopic (exact) mass is 342 g/mol. The zero-order valence-corrected chi connectivity index (χ0v) is 13.1. The van der Waals surface area contributed by atoms with E-state index in [4.69, 9.17) is 10.00 Å². The Morgan fingerprint density at radius 1 is 1.29 bits per heavy atom. The molecule has 1 unspecified atom stereocenters. The number of rotatable bonds is 3. The Morgan fingerprint density at radius 3 is 2.95 bits per heavy atom. The quantitative estimate of drug-likeness (QED) is 0.904. The number of fused-ring (bicyclic) bond motifs is 1. The average Bonchev–Trinajstić information content (AvgIpc) is 2.53. The second-order valence-electron chi connectivity index (χ2n) is 5.06. The summed E-state index contributed by atoms with van der Waals surface area (Å²) in [6, 6.07) is 16.0. The van der Waals surface area contributed by atoms with Gasteiger partial charge in [0.05, 0.1) is 18.2 Å². The molecule has 21 heavy (non-hydrogen) atoms. The minimum Gasteiger partial charge on any atom is -0.493 e. The van der Waals surface area contributed by atoms with Gasteiger partial charge in [0.25, 0.3) is 0 Å². The van der Waals surface area contributed by atoms with Crippen LogP contribution in [0.1, 0.15) is 23.5 Å². The fourth-order valence-electron chi connectivity index (χ4n) is 2.59. The van der Waals surface area contributed by atoms with Crippen LogP contribution in [0.15, 0.2) is 46.9 Å². The zero-order chi connectivity index (χ0) is 14.7. The first-order valence-corrected chi connectivity index (χ1v) is 7.72. The molecule has 1 N–H and O–H groups in total. The number of ether oxygens (including phenoxy) is 1. The number of nitriles is 1. The molecule has 106 valence electrons. The third-order valence-corrected chi connectivity index (χ3v) is 4.38. The van der Waals surface area contributed by atoms with Gasteiger partial charge in [-0.2, -0.15) is 5.26 Å². The summed E-state index contributed by atoms with van der Waals surface area (Å²) < 4.78 is 6.61. The molecule has 0 amide bonds. The maximum absolute atomic E-state index is 8.89. The number of para-hydroxylation sites is 1. The number of hydrogen-bond donors (Lipinski definition) is 1. The Balaban J connectivity index is 1.73. The minimum absolute atomic E-state index is 0.442. The van der Waals surface area contributed by atoms with Crippen molar-refractivity contribution in [3.05, 3.63) is 58.1 Å². The smallest absolute Gasteiger partial charge is 0.122 e. The third-order valence-electron chi connectivity index (χ3n) is 3.72. The van der Waals surface area contributed by atoms with E-state index in [9.17, 15) is 0 Å². The summed E-state index contributed by atoms with van der Waals surface area (Å²) >= 11 is 3.51. The van der Waals surface area contributed by atoms with Crippen LogP contribution in [0.3, 0.4) is 0 Å². The molecule has 4 heteroatoms. The highest BCUT2D eigenvalue weighted by molar-refractivity contribution is 9.10. The van der Waals surface area contributed by atoms with Gasteiger partial charge in [-0.25, -0.2) is 0 Å². The molecule has 3 nitrogen and oxygen atoms in total. The van der Waals surface area contributed by atoms with E-state index in [2.05, 4.69) is 39.4 Å². The predicted octanol–water partition coefficient (Wildman–Crippen LogP) is 4.30. The SMILES string of the molecule is N#Cc1ccc(NCC2CCOc3ccccc32)c(Br)c1. The Labute approximate surface area is 132 Å². The van der Waals surface area contributed by atoms with Gasteiger partial charge >= 0.3 is 0 Å². The van der Waals surface area contributed by atoms with E-state index in [1.54, 1.807) is 0 Å². The molecule has 0 aliphatic carbocycles. The molecular formula is C17H15BrN2O. The second kappa shape index (κ2) is 6.19. The van der Waals surface area contributed by atoms with Gasteiger partial charge in [-0.15, -0.1) is 0 Å². The zero-order valence-electron chi connectivity index (χ0n) is 11.5. The van der Waals surface area contributed by atoms with Crippen molar-refractivity contribution in [2.45, 2.75) is 12.3 Å². The summed E-state index contributed by atoms with van der Waals surface area (Å²) in [5.74, 6) is 1.44. The fourth-order valence-corrected chi connectivity index (χ4v) is 3.11. The fraction of sp³-hybridized carbons (Fsp3) is 0.235. The van der Waals surface area contributed by atoms with Crippen LogP contribution in [-0.4, -0.2) is 13.2 Å². The molecule has 1 atom stereocenters. The van der Waals surface area contributed by atoms with Gasteiger partial charge in [0.2, 0.25) is 0 Å². The number of nitrogens with one attached hydrogen (secondary N) is 1. The van der Waals surface area contributed by atoms with Crippen LogP contribution in [0.5, 0.6) is 5.75 Å². The third kappa shape index (κ3) is 3.03. The van der Waals surface area contributed by atoms with E-state index in [1.807, 2.05) is 30.3 Å². The van der Waals surface area contributed by atoms with Crippen LogP contribution in [0.4, 0.5) is 5.69 Å². The van der Waals surface area contributed by atoms with E-state index in [0.29, 0.717) is 11.5 Å². The van der Waals surface area contributed by atoms with Crippen LogP contribution in [0, 0.1) is 11.3 Å². The molecule has 2 aromatic carbocycles. The highest BCUT2D eigenvalue weighted by atomic mass is 79.9. The summed E-state index contributed by atoms with van der Waals surface area (Å²) in [4.78, 5) is 0. The molecule has 2 aromatic rings. The highest BCUT2D eigenvalue weighted by Crippen LogP contribution is 2.34. The van der Waals surface area contributed by atoms with Gasteiger partial charge in [0.1, 0.15) is 5.75 Å². The molecule has 0 saturated heterocycles. The number of hydrogen-bond acceptors (Lipinski definition) is 3. The number of anilines is 1. The minimum atomic E-state index is 0.442. The van der Waals surface area contributed by atoms with Crippen molar-refractivity contribution < 1.29 is 4.74 Å². The van der Waals surface area contributed by atoms with Crippen molar-refractivity contribution in [1.82, 2.24) is 0 Å². The van der Waals surface area contributed by atoms with Crippen LogP contribution < -0.4 is 10.1 Å². The number of halogens is 1. The van der Waals surface area contributed by atoms with Gasteiger partial charge in [-0.3, -0.25) is 0 Å². The van der Waals surface area contributed by atoms with E-state index >= 15 is 0 Å². The van der Waals surface area contributed by atoms with E-state index < -0.39 is 0 Å². The number of nitrogens with zero attached hydrogens (tertiary/aromatic N) is 1. The summed E-state index contributed by atoms with van der Waals surface area (Å²) in [5.41, 5.74) is 2.93. The van der Waals surface area contributed by atoms with Gasteiger partial charge in [-0.05, 0) is 52.2 Å². The second-order valence-corrected chi connectivity index (χ2v) is 5.91. The average molecular weight is 343 g/mol. The lowest BCUT2D eigenvalue weighted by molar-refractivity contribution is 0.270. The lowest BCUT2D eigenvalue weighted by Gasteiger charge is -2.26. The first kappa shape index (κ1) is 14.0. The Kier molecular flexibility index (Phi) is 4.12. The van der Waals surface area contributed by atoms with Gasteiger partial charge in [-0.1, -0.05) is 18.2 Å². The van der Waals surface area contributed by atoms with E-state index in [0.717, 1.165) is 35.5 Å². The maximum Gasteiger partial charge on any atom is 0.122 e. The summed E-state index contributed by atoms with van der Waals surface area (Å²) in [6.07, 6.45) is 1.01. The summed E-state index contributed by atoms with van der Waals surface area (Å²) in [6.45, 7) is 1.61. The van der Waals surface area contributed by atoms with E-state index in [1.165, 1.54) is 5.56 Å². The van der Waals surface area contributed by atoms with Gasteiger partial charge in [0, 0.05) is 22.6 Å². The van der Waals surface area contributed by atoms with Crippen LogP contribution in [0.25, 0.3) is 0 Å². The predicted molar refractivity (Wildman–Crippen MR) is 86.6 cm³/mol. The largest absolute Gasteiger partial charge is 0.493 e. The normalized spacial score (nSPS) is 16.5. The Morgan fingerprint density at radius 2 is 2.14 bits per heavy atom. The first-order chi connectivity index (χ1) is 10.3. The van der Waals surface area contributed by atoms with Crippen molar-refractivity contribution in [2.24, 2.45) is 0 Å². The van der Waals surface area contributed by atoms with Crippen molar-refractivity contribution >= 4 is 21.6 Å². The molecule has 1 aliphatic heterocycles. The molecule has 3 rings (SSSR count). The Hall–Kier alpha value is -1.99. The standard InChI is InChI=1S/C17H15BrN2O/c18-15-9-12(10-19)5-6-16(15)20-11-13-7-8-21-17-4-2-1-3-14(13)17/h1-6,9,13,20H,7-8,11H2. The Bertz CT molecular complexity index is 693. The van der Waals surface area contributed by atoms with Gasteiger partial charge < -0.3 is 10.1 Å². The summed E-state index contributed by atoms with van der Waals surface area (Å²) in [7, 11) is 0. The molecule has 0 radical (unpaired) electrons. The van der Waals surface area contributed by atoms with Crippen LogP contribution in [0.2, 0.25) is 0 Å². The van der Waals surface area contributed by atoms with Crippen LogP contribution >= 0.6 is 15.9 Å². The molecule has 1 aliphatic rings. The molecule has 1 heterocycles. The van der Waals surface area contributed by atoms with E-state index in [-0.39, 0.29) is 0 Å². The number of benzene rings is 2. The van der Waals surface area contributed by atoms with Crippen molar-refractivity contribution in [2.75, 3.05) is 18.5 Å². The van der Waals surface area contributed by atoms with Crippen LogP contribution in [-0.2, 0) is 0 Å². The lowest BCUT2D eigenvalue weighted by atomic mass is 9.93. The maximum atomic E-state index is 8.89. The van der Waals surface area contributed by atoms with Crippen molar-refractivity contribution in [1.29, 1.82) is 5.26 Å². The molecule has 0 aromatic heterocycles. The highest BCUT2D eigenvalue weighted by Gasteiger charge is 2.20. The molecule has 0 saturated carbocycles. The molecular weight excluding hydrogens is 328 g/mol. The lowest BCUT2D eigenvalue weighted by Crippen LogP contribution is -2.20. The molecule has 0 fully saturated rings. The molecule has 0 spiro atoms. The van der Waals surface area contributed by atoms with Crippen molar-refractivity contribution in [3.8, 4) is 11.8 Å². The topological polar surface area (TPSA) is 45.0 Å².